The van der Waals surface area contributed by atoms with E-state index in [9.17, 15) is 18.4 Å². The Morgan fingerprint density at radius 1 is 1.08 bits per heavy atom. The number of amides is 2. The van der Waals surface area contributed by atoms with E-state index in [1.165, 1.54) is 17.8 Å². The van der Waals surface area contributed by atoms with Gasteiger partial charge in [-0.25, -0.2) is 13.8 Å². The topological polar surface area (TPSA) is 83.4 Å². The fourth-order valence-electron chi connectivity index (χ4n) is 4.14. The van der Waals surface area contributed by atoms with Crippen LogP contribution in [0.15, 0.2) is 82.9 Å². The quantitative estimate of drug-likeness (QED) is 0.486. The molecule has 2 aliphatic rings. The number of carbonyl (C=O) groups excluding carboxylic acids is 2. The lowest BCUT2D eigenvalue weighted by Gasteiger charge is -2.23. The van der Waals surface area contributed by atoms with Crippen LogP contribution in [0.1, 0.15) is 30.0 Å². The molecule has 0 bridgehead atoms. The zero-order valence-electron chi connectivity index (χ0n) is 19.7. The van der Waals surface area contributed by atoms with Crippen LogP contribution in [0.2, 0.25) is 0 Å². The minimum atomic E-state index is -1.07. The van der Waals surface area contributed by atoms with E-state index in [1.807, 2.05) is 54.6 Å². The molecule has 3 aromatic carbocycles. The first kappa shape index (κ1) is 24.6. The minimum Gasteiger partial charge on any atom is -0.497 e. The van der Waals surface area contributed by atoms with Crippen molar-refractivity contribution in [2.45, 2.75) is 24.1 Å². The van der Waals surface area contributed by atoms with Crippen molar-refractivity contribution >= 4 is 40.1 Å². The van der Waals surface area contributed by atoms with Gasteiger partial charge in [-0.15, -0.1) is 0 Å². The summed E-state index contributed by atoms with van der Waals surface area (Å²) in [4.78, 5) is 29.4. The number of carbonyl (C=O) groups is 2. The van der Waals surface area contributed by atoms with Gasteiger partial charge in [-0.1, -0.05) is 42.1 Å². The fourth-order valence-corrected chi connectivity index (χ4v) is 5.20. The lowest BCUT2D eigenvalue weighted by atomic mass is 9.98. The standard InChI is InChI=1S/C27H22F2N4O3S/c1-36-19-10-7-16(8-11-19)22-14-23(17-5-3-2-4-6-17)33(32-22)27-31-26(35)24(37-27)15-25(34)30-18-9-12-20(28)21(29)13-18/h2-13,23-24H,14-15H2,1H3,(H,30,34)/t23-,24+/m0/s1. The molecule has 10 heteroatoms. The number of hydrogen-bond donors (Lipinski definition) is 1. The third-order valence-corrected chi connectivity index (χ3v) is 7.16. The Kier molecular flexibility index (Phi) is 7.00. The number of benzene rings is 3. The highest BCUT2D eigenvalue weighted by atomic mass is 32.2. The monoisotopic (exact) mass is 520 g/mol. The summed E-state index contributed by atoms with van der Waals surface area (Å²) in [5, 5.41) is 8.71. The Morgan fingerprint density at radius 3 is 2.54 bits per heavy atom. The average molecular weight is 521 g/mol. The van der Waals surface area contributed by atoms with Crippen molar-refractivity contribution in [3.05, 3.63) is 95.6 Å². The van der Waals surface area contributed by atoms with Crippen molar-refractivity contribution in [1.29, 1.82) is 0 Å². The Labute approximate surface area is 216 Å². The van der Waals surface area contributed by atoms with Gasteiger partial charge in [0.15, 0.2) is 16.8 Å². The highest BCUT2D eigenvalue weighted by molar-refractivity contribution is 8.15. The molecule has 5 rings (SSSR count). The molecule has 3 aromatic rings. The van der Waals surface area contributed by atoms with Crippen LogP contribution in [0, 0.1) is 11.6 Å². The number of anilines is 1. The van der Waals surface area contributed by atoms with Gasteiger partial charge in [0.1, 0.15) is 11.0 Å². The Morgan fingerprint density at radius 2 is 1.84 bits per heavy atom. The number of nitrogens with zero attached hydrogens (tertiary/aromatic N) is 3. The summed E-state index contributed by atoms with van der Waals surface area (Å²) in [6.45, 7) is 0. The zero-order chi connectivity index (χ0) is 25.9. The summed E-state index contributed by atoms with van der Waals surface area (Å²) in [5.41, 5.74) is 2.90. The number of amidine groups is 1. The molecule has 0 fully saturated rings. The number of methoxy groups -OCH3 is 1. The molecule has 2 atom stereocenters. The normalized spacial score (nSPS) is 19.0. The molecule has 37 heavy (non-hydrogen) atoms. The van der Waals surface area contributed by atoms with Crippen LogP contribution in [0.3, 0.4) is 0 Å². The number of ether oxygens (including phenoxy) is 1. The number of thioether (sulfide) groups is 1. The second-order valence-electron chi connectivity index (χ2n) is 8.47. The molecular formula is C27H22F2N4O3S. The molecule has 2 aliphatic heterocycles. The summed E-state index contributed by atoms with van der Waals surface area (Å²) < 4.78 is 31.9. The maximum absolute atomic E-state index is 13.5. The van der Waals surface area contributed by atoms with Gasteiger partial charge >= 0.3 is 0 Å². The molecule has 2 amide bonds. The number of aliphatic imine (C=N–C) groups is 1. The molecule has 0 unspecified atom stereocenters. The molecule has 0 saturated heterocycles. The molecule has 0 saturated carbocycles. The van der Waals surface area contributed by atoms with Gasteiger partial charge < -0.3 is 10.1 Å². The number of hydrazone groups is 1. The highest BCUT2D eigenvalue weighted by Gasteiger charge is 2.39. The molecule has 7 nitrogen and oxygen atoms in total. The van der Waals surface area contributed by atoms with Crippen LogP contribution < -0.4 is 10.1 Å². The van der Waals surface area contributed by atoms with Crippen molar-refractivity contribution in [2.24, 2.45) is 10.1 Å². The summed E-state index contributed by atoms with van der Waals surface area (Å²) >= 11 is 1.17. The van der Waals surface area contributed by atoms with Gasteiger partial charge in [0.05, 0.1) is 18.9 Å². The summed E-state index contributed by atoms with van der Waals surface area (Å²) in [7, 11) is 1.61. The molecule has 0 aliphatic carbocycles. The van der Waals surface area contributed by atoms with Gasteiger partial charge in [-0.05, 0) is 47.5 Å². The summed E-state index contributed by atoms with van der Waals surface area (Å²) in [6.07, 6.45) is 0.430. The van der Waals surface area contributed by atoms with Crippen LogP contribution in [0.4, 0.5) is 14.5 Å². The largest absolute Gasteiger partial charge is 0.497 e. The van der Waals surface area contributed by atoms with Gasteiger partial charge in [-0.3, -0.25) is 9.59 Å². The van der Waals surface area contributed by atoms with Gasteiger partial charge in [0, 0.05) is 24.6 Å². The molecule has 2 heterocycles. The molecule has 0 radical (unpaired) electrons. The van der Waals surface area contributed by atoms with Gasteiger partial charge in [0.2, 0.25) is 5.91 Å². The maximum atomic E-state index is 13.5. The van der Waals surface area contributed by atoms with Crippen molar-refractivity contribution in [3.63, 3.8) is 0 Å². The van der Waals surface area contributed by atoms with Gasteiger partial charge in [-0.2, -0.15) is 10.1 Å². The fraction of sp³-hybridized carbons (Fsp3) is 0.185. The predicted molar refractivity (Wildman–Crippen MR) is 139 cm³/mol. The van der Waals surface area contributed by atoms with E-state index in [1.54, 1.807) is 12.1 Å². The van der Waals surface area contributed by atoms with Crippen molar-refractivity contribution < 1.29 is 23.1 Å². The summed E-state index contributed by atoms with van der Waals surface area (Å²) in [5.74, 6) is -2.28. The van der Waals surface area contributed by atoms with Crippen molar-refractivity contribution in [3.8, 4) is 5.75 Å². The number of nitrogens with one attached hydrogen (secondary N) is 1. The van der Waals surface area contributed by atoms with E-state index in [0.29, 0.717) is 11.6 Å². The average Bonchev–Trinajstić information content (AvgIpc) is 3.51. The van der Waals surface area contributed by atoms with E-state index >= 15 is 0 Å². The number of halogens is 2. The zero-order valence-corrected chi connectivity index (χ0v) is 20.5. The van der Waals surface area contributed by atoms with Gasteiger partial charge in [0.25, 0.3) is 5.91 Å². The van der Waals surface area contributed by atoms with Crippen LogP contribution in [0.5, 0.6) is 5.75 Å². The molecule has 188 valence electrons. The van der Waals surface area contributed by atoms with E-state index in [4.69, 9.17) is 9.84 Å². The lowest BCUT2D eigenvalue weighted by molar-refractivity contribution is -0.121. The van der Waals surface area contributed by atoms with Crippen LogP contribution >= 0.6 is 11.8 Å². The highest BCUT2D eigenvalue weighted by Crippen LogP contribution is 2.38. The van der Waals surface area contributed by atoms with E-state index in [0.717, 1.165) is 34.7 Å². The third kappa shape index (κ3) is 5.39. The summed E-state index contributed by atoms with van der Waals surface area (Å²) in [6, 6.07) is 20.3. The molecule has 1 N–H and O–H groups in total. The van der Waals surface area contributed by atoms with E-state index in [2.05, 4.69) is 10.3 Å². The first-order chi connectivity index (χ1) is 17.9. The SMILES string of the molecule is COc1ccc(C2=NN(C3=NC(=O)[C@@H](CC(=O)Nc4ccc(F)c(F)c4)S3)[C@H](c3ccccc3)C2)cc1. The first-order valence-corrected chi connectivity index (χ1v) is 12.4. The minimum absolute atomic E-state index is 0.109. The van der Waals surface area contributed by atoms with Crippen LogP contribution in [-0.4, -0.2) is 40.1 Å². The van der Waals surface area contributed by atoms with E-state index in [-0.39, 0.29) is 18.2 Å². The third-order valence-electron chi connectivity index (χ3n) is 6.02. The lowest BCUT2D eigenvalue weighted by Crippen LogP contribution is -2.25. The number of hydrogen-bond acceptors (Lipinski definition) is 6. The molecular weight excluding hydrogens is 498 g/mol. The maximum Gasteiger partial charge on any atom is 0.262 e. The number of rotatable bonds is 6. The molecule has 0 aromatic heterocycles. The second kappa shape index (κ2) is 10.5. The van der Waals surface area contributed by atoms with Crippen LogP contribution in [-0.2, 0) is 9.59 Å². The molecule has 0 spiro atoms. The predicted octanol–water partition coefficient (Wildman–Crippen LogP) is 5.15. The first-order valence-electron chi connectivity index (χ1n) is 11.5. The second-order valence-corrected chi connectivity index (χ2v) is 9.64. The van der Waals surface area contributed by atoms with Crippen molar-refractivity contribution in [2.75, 3.05) is 12.4 Å². The van der Waals surface area contributed by atoms with E-state index < -0.39 is 28.7 Å². The Hall–Kier alpha value is -4.05. The Bertz CT molecular complexity index is 1400. The smallest absolute Gasteiger partial charge is 0.262 e. The van der Waals surface area contributed by atoms with Crippen molar-refractivity contribution in [1.82, 2.24) is 5.01 Å². The van der Waals surface area contributed by atoms with Crippen LogP contribution in [0.25, 0.3) is 0 Å². The Balaban J connectivity index is 1.33.